The van der Waals surface area contributed by atoms with Crippen molar-refractivity contribution in [3.05, 3.63) is 93.0 Å². The molecule has 0 amide bonds. The van der Waals surface area contributed by atoms with Crippen molar-refractivity contribution in [1.29, 1.82) is 0 Å². The maximum Gasteiger partial charge on any atom is 0.345 e. The fourth-order valence-corrected chi connectivity index (χ4v) is 3.15. The predicted molar refractivity (Wildman–Crippen MR) is 103 cm³/mol. The molecule has 0 fully saturated rings. The van der Waals surface area contributed by atoms with Crippen molar-refractivity contribution < 1.29 is 23.6 Å². The van der Waals surface area contributed by atoms with E-state index in [1.165, 1.54) is 36.4 Å². The molecular formula is C21H17FN2O5. The van der Waals surface area contributed by atoms with Crippen LogP contribution in [0.2, 0.25) is 0 Å². The number of ketones is 1. The van der Waals surface area contributed by atoms with Gasteiger partial charge in [-0.05, 0) is 44.2 Å². The lowest BCUT2D eigenvalue weighted by molar-refractivity contribution is -0.385. The molecule has 3 rings (SSSR count). The third-order valence-corrected chi connectivity index (χ3v) is 4.45. The number of esters is 1. The summed E-state index contributed by atoms with van der Waals surface area (Å²) in [4.78, 5) is 35.1. The minimum atomic E-state index is -0.954. The van der Waals surface area contributed by atoms with Gasteiger partial charge < -0.3 is 9.30 Å². The van der Waals surface area contributed by atoms with Crippen molar-refractivity contribution in [3.8, 4) is 5.69 Å². The summed E-state index contributed by atoms with van der Waals surface area (Å²) in [6.45, 7) is 2.90. The van der Waals surface area contributed by atoms with Gasteiger partial charge in [-0.3, -0.25) is 14.9 Å². The molecule has 0 N–H and O–H groups in total. The molecule has 0 saturated carbocycles. The van der Waals surface area contributed by atoms with Gasteiger partial charge in [0.15, 0.2) is 6.61 Å². The van der Waals surface area contributed by atoms with Crippen LogP contribution < -0.4 is 0 Å². The number of nitro groups is 1. The molecule has 0 radical (unpaired) electrons. The van der Waals surface area contributed by atoms with Gasteiger partial charge in [0, 0.05) is 28.7 Å². The van der Waals surface area contributed by atoms with Gasteiger partial charge in [-0.15, -0.1) is 0 Å². The van der Waals surface area contributed by atoms with E-state index >= 15 is 0 Å². The molecule has 29 heavy (non-hydrogen) atoms. The van der Waals surface area contributed by atoms with E-state index in [1.54, 1.807) is 36.6 Å². The number of carbonyl (C=O) groups excluding carboxylic acids is 2. The quantitative estimate of drug-likeness (QED) is 0.270. The largest absolute Gasteiger partial charge is 0.454 e. The Kier molecular flexibility index (Phi) is 5.54. The smallest absolute Gasteiger partial charge is 0.345 e. The summed E-state index contributed by atoms with van der Waals surface area (Å²) >= 11 is 0. The Balaban J connectivity index is 1.80. The summed E-state index contributed by atoms with van der Waals surface area (Å²) < 4.78 is 20.3. The molecule has 0 unspecified atom stereocenters. The van der Waals surface area contributed by atoms with Crippen LogP contribution in [0.25, 0.3) is 5.69 Å². The Bertz CT molecular complexity index is 1120. The number of rotatable bonds is 6. The SMILES string of the molecule is Cc1cc(C(=O)COC(=O)c2ccccc2[N+](=O)[O-])c(C)n1-c1cccc(F)c1. The molecule has 1 aromatic heterocycles. The molecule has 0 spiro atoms. The molecular weight excluding hydrogens is 379 g/mol. The van der Waals surface area contributed by atoms with E-state index < -0.39 is 34.8 Å². The number of halogens is 1. The minimum Gasteiger partial charge on any atom is -0.454 e. The monoisotopic (exact) mass is 396 g/mol. The highest BCUT2D eigenvalue weighted by Crippen LogP contribution is 2.23. The van der Waals surface area contributed by atoms with Gasteiger partial charge in [-0.25, -0.2) is 9.18 Å². The van der Waals surface area contributed by atoms with Gasteiger partial charge in [-0.1, -0.05) is 18.2 Å². The molecule has 0 atom stereocenters. The summed E-state index contributed by atoms with van der Waals surface area (Å²) in [5.74, 6) is -1.82. The Morgan fingerprint density at radius 1 is 1.07 bits per heavy atom. The van der Waals surface area contributed by atoms with Gasteiger partial charge in [-0.2, -0.15) is 0 Å². The summed E-state index contributed by atoms with van der Waals surface area (Å²) in [6, 6.07) is 12.9. The third kappa shape index (κ3) is 4.06. The Morgan fingerprint density at radius 3 is 2.48 bits per heavy atom. The number of aromatic nitrogens is 1. The first-order valence-electron chi connectivity index (χ1n) is 8.68. The van der Waals surface area contributed by atoms with Crippen LogP contribution in [0.1, 0.15) is 32.1 Å². The van der Waals surface area contributed by atoms with E-state index in [4.69, 9.17) is 4.74 Å². The number of hydrogen-bond donors (Lipinski definition) is 0. The number of Topliss-reactive ketones (excluding diaryl/α,β-unsaturated/α-hetero) is 1. The van der Waals surface area contributed by atoms with Crippen LogP contribution in [-0.4, -0.2) is 27.8 Å². The first-order valence-corrected chi connectivity index (χ1v) is 8.68. The number of nitro benzene ring substituents is 1. The Morgan fingerprint density at radius 2 is 1.79 bits per heavy atom. The number of benzene rings is 2. The molecule has 3 aromatic rings. The first-order chi connectivity index (χ1) is 13.8. The summed E-state index contributed by atoms with van der Waals surface area (Å²) in [5, 5.41) is 11.0. The molecule has 8 heteroatoms. The van der Waals surface area contributed by atoms with Crippen molar-refractivity contribution in [3.63, 3.8) is 0 Å². The highest BCUT2D eigenvalue weighted by molar-refractivity contribution is 6.01. The van der Waals surface area contributed by atoms with Crippen LogP contribution in [0.4, 0.5) is 10.1 Å². The highest BCUT2D eigenvalue weighted by Gasteiger charge is 2.23. The second kappa shape index (κ2) is 8.05. The van der Waals surface area contributed by atoms with Gasteiger partial charge in [0.25, 0.3) is 5.69 Å². The summed E-state index contributed by atoms with van der Waals surface area (Å²) in [5.41, 5.74) is 1.55. The Hall–Kier alpha value is -3.81. The molecule has 1 heterocycles. The fourth-order valence-electron chi connectivity index (χ4n) is 3.15. The first kappa shape index (κ1) is 19.9. The zero-order valence-corrected chi connectivity index (χ0v) is 15.7. The second-order valence-corrected chi connectivity index (χ2v) is 6.37. The van der Waals surface area contributed by atoms with E-state index in [2.05, 4.69) is 0 Å². The van der Waals surface area contributed by atoms with Crippen LogP contribution in [0.3, 0.4) is 0 Å². The van der Waals surface area contributed by atoms with Crippen molar-refractivity contribution in [1.82, 2.24) is 4.57 Å². The van der Waals surface area contributed by atoms with E-state index in [1.807, 2.05) is 0 Å². The van der Waals surface area contributed by atoms with Gasteiger partial charge in [0.05, 0.1) is 4.92 Å². The molecule has 0 saturated heterocycles. The molecule has 0 bridgehead atoms. The van der Waals surface area contributed by atoms with Crippen LogP contribution in [-0.2, 0) is 4.74 Å². The van der Waals surface area contributed by atoms with Crippen LogP contribution >= 0.6 is 0 Å². The third-order valence-electron chi connectivity index (χ3n) is 4.45. The predicted octanol–water partition coefficient (Wildman–Crippen LogP) is 4.18. The van der Waals surface area contributed by atoms with Gasteiger partial charge >= 0.3 is 5.97 Å². The van der Waals surface area contributed by atoms with E-state index in [9.17, 15) is 24.1 Å². The van der Waals surface area contributed by atoms with Crippen molar-refractivity contribution in [2.24, 2.45) is 0 Å². The number of carbonyl (C=O) groups is 2. The van der Waals surface area contributed by atoms with Gasteiger partial charge in [0.2, 0.25) is 5.78 Å². The fraction of sp³-hybridized carbons (Fsp3) is 0.143. The zero-order valence-electron chi connectivity index (χ0n) is 15.7. The number of para-hydroxylation sites is 1. The molecule has 0 aliphatic rings. The van der Waals surface area contributed by atoms with E-state index in [0.717, 1.165) is 0 Å². The van der Waals surface area contributed by atoms with Crippen molar-refractivity contribution in [2.45, 2.75) is 13.8 Å². The lowest BCUT2D eigenvalue weighted by Crippen LogP contribution is -2.16. The summed E-state index contributed by atoms with van der Waals surface area (Å²) in [6.07, 6.45) is 0. The number of aryl methyl sites for hydroxylation is 1. The number of nitrogens with zero attached hydrogens (tertiary/aromatic N) is 2. The normalized spacial score (nSPS) is 10.6. The van der Waals surface area contributed by atoms with Crippen LogP contribution in [0.5, 0.6) is 0 Å². The highest BCUT2D eigenvalue weighted by atomic mass is 19.1. The van der Waals surface area contributed by atoms with Crippen LogP contribution in [0, 0.1) is 29.8 Å². The average molecular weight is 396 g/mol. The lowest BCUT2D eigenvalue weighted by Gasteiger charge is -2.10. The maximum atomic E-state index is 13.6. The molecule has 2 aromatic carbocycles. The second-order valence-electron chi connectivity index (χ2n) is 6.37. The Labute approximate surface area is 165 Å². The number of hydrogen-bond acceptors (Lipinski definition) is 5. The minimum absolute atomic E-state index is 0.226. The van der Waals surface area contributed by atoms with E-state index in [-0.39, 0.29) is 5.56 Å². The lowest BCUT2D eigenvalue weighted by atomic mass is 10.1. The zero-order chi connectivity index (χ0) is 21.1. The molecule has 0 aliphatic heterocycles. The maximum absolute atomic E-state index is 13.6. The molecule has 0 aliphatic carbocycles. The van der Waals surface area contributed by atoms with E-state index in [0.29, 0.717) is 22.6 Å². The number of ether oxygens (including phenoxy) is 1. The summed E-state index contributed by atoms with van der Waals surface area (Å²) in [7, 11) is 0. The molecule has 7 nitrogen and oxygen atoms in total. The van der Waals surface area contributed by atoms with Crippen molar-refractivity contribution in [2.75, 3.05) is 6.61 Å². The van der Waals surface area contributed by atoms with Crippen LogP contribution in [0.15, 0.2) is 54.6 Å². The molecule has 148 valence electrons. The van der Waals surface area contributed by atoms with Crippen molar-refractivity contribution >= 4 is 17.4 Å². The van der Waals surface area contributed by atoms with Gasteiger partial charge in [0.1, 0.15) is 11.4 Å². The standard InChI is InChI=1S/C21H17FN2O5/c1-13-10-18(14(2)23(13)16-7-5-6-15(22)11-16)20(25)12-29-21(26)17-8-3-4-9-19(17)24(27)28/h3-11H,12H2,1-2H3. The topological polar surface area (TPSA) is 91.4 Å². The average Bonchev–Trinajstić information content (AvgIpc) is 3.00.